The molecule has 0 radical (unpaired) electrons. The Morgan fingerprint density at radius 2 is 1.80 bits per heavy atom. The predicted molar refractivity (Wildman–Crippen MR) is 87.7 cm³/mol. The summed E-state index contributed by atoms with van der Waals surface area (Å²) in [4.78, 5) is 11.7. The van der Waals surface area contributed by atoms with Crippen LogP contribution in [0, 0.1) is 12.3 Å². The van der Waals surface area contributed by atoms with Crippen LogP contribution in [0.5, 0.6) is 0 Å². The van der Waals surface area contributed by atoms with Gasteiger partial charge in [0.2, 0.25) is 0 Å². The Morgan fingerprint density at radius 1 is 1.20 bits per heavy atom. The molecule has 114 valence electrons. The number of hydrogen-bond donors (Lipinski definition) is 1. The lowest BCUT2D eigenvalue weighted by Crippen LogP contribution is -2.31. The molecule has 0 aliphatic heterocycles. The third-order valence-electron chi connectivity index (χ3n) is 3.07. The van der Waals surface area contributed by atoms with Crippen LogP contribution in [-0.2, 0) is 0 Å². The van der Waals surface area contributed by atoms with Crippen LogP contribution in [-0.4, -0.2) is 30.1 Å². The summed E-state index contributed by atoms with van der Waals surface area (Å²) in [6.07, 6.45) is 0. The Labute approximate surface area is 124 Å². The van der Waals surface area contributed by atoms with Gasteiger partial charge in [0, 0.05) is 31.6 Å². The lowest BCUT2D eigenvalue weighted by atomic mass is 9.96. The van der Waals surface area contributed by atoms with Gasteiger partial charge in [-0.15, -0.1) is 0 Å². The van der Waals surface area contributed by atoms with E-state index in [2.05, 4.69) is 70.7 Å². The fourth-order valence-corrected chi connectivity index (χ4v) is 2.28. The minimum absolute atomic E-state index is 0.239. The van der Waals surface area contributed by atoms with Gasteiger partial charge in [-0.1, -0.05) is 34.6 Å². The molecule has 1 aromatic rings. The summed E-state index contributed by atoms with van der Waals surface area (Å²) in [5.41, 5.74) is 1.37. The molecule has 0 saturated heterocycles. The average Bonchev–Trinajstić information content (AvgIpc) is 2.29. The fraction of sp³-hybridized carbons (Fsp3) is 0.750. The zero-order valence-corrected chi connectivity index (χ0v) is 14.3. The highest BCUT2D eigenvalue weighted by molar-refractivity contribution is 5.58. The number of nitrogens with zero attached hydrogens (tertiary/aromatic N) is 3. The monoisotopic (exact) mass is 278 g/mol. The standard InChI is InChI=1S/C16H30N4/c1-9-17-14-12(4)15(19-13(18-14)11(2)3)20(8)10-16(5,6)7/h11H,9-10H2,1-8H3,(H,17,18,19). The summed E-state index contributed by atoms with van der Waals surface area (Å²) in [5, 5.41) is 3.35. The van der Waals surface area contributed by atoms with E-state index in [-0.39, 0.29) is 5.41 Å². The second-order valence-corrected chi connectivity index (χ2v) is 6.98. The summed E-state index contributed by atoms with van der Waals surface area (Å²) < 4.78 is 0. The molecule has 4 nitrogen and oxygen atoms in total. The number of aromatic nitrogens is 2. The van der Waals surface area contributed by atoms with Gasteiger partial charge < -0.3 is 10.2 Å². The third kappa shape index (κ3) is 4.36. The maximum absolute atomic E-state index is 4.77. The molecular weight excluding hydrogens is 248 g/mol. The van der Waals surface area contributed by atoms with Crippen molar-refractivity contribution in [2.45, 2.75) is 54.4 Å². The van der Waals surface area contributed by atoms with Crippen molar-refractivity contribution >= 4 is 11.6 Å². The minimum Gasteiger partial charge on any atom is -0.370 e. The Balaban J connectivity index is 3.22. The topological polar surface area (TPSA) is 41.1 Å². The van der Waals surface area contributed by atoms with E-state index in [1.807, 2.05) is 0 Å². The van der Waals surface area contributed by atoms with Gasteiger partial charge in [0.1, 0.15) is 17.5 Å². The van der Waals surface area contributed by atoms with Crippen molar-refractivity contribution in [3.63, 3.8) is 0 Å². The quantitative estimate of drug-likeness (QED) is 0.889. The van der Waals surface area contributed by atoms with Gasteiger partial charge in [0.25, 0.3) is 0 Å². The van der Waals surface area contributed by atoms with Crippen molar-refractivity contribution in [2.24, 2.45) is 5.41 Å². The molecule has 20 heavy (non-hydrogen) atoms. The molecule has 1 rings (SSSR count). The molecule has 0 fully saturated rings. The van der Waals surface area contributed by atoms with E-state index in [1.54, 1.807) is 0 Å². The first-order valence-electron chi connectivity index (χ1n) is 7.49. The first-order valence-corrected chi connectivity index (χ1v) is 7.49. The molecule has 0 saturated carbocycles. The molecule has 0 amide bonds. The van der Waals surface area contributed by atoms with Crippen LogP contribution >= 0.6 is 0 Å². The summed E-state index contributed by atoms with van der Waals surface area (Å²) in [6.45, 7) is 17.0. The van der Waals surface area contributed by atoms with Gasteiger partial charge in [-0.25, -0.2) is 9.97 Å². The molecule has 0 spiro atoms. The van der Waals surface area contributed by atoms with Crippen molar-refractivity contribution in [1.82, 2.24) is 9.97 Å². The minimum atomic E-state index is 0.239. The van der Waals surface area contributed by atoms with Crippen molar-refractivity contribution in [3.05, 3.63) is 11.4 Å². The zero-order valence-electron chi connectivity index (χ0n) is 14.3. The van der Waals surface area contributed by atoms with Crippen LogP contribution in [0.2, 0.25) is 0 Å². The second-order valence-electron chi connectivity index (χ2n) is 6.98. The third-order valence-corrected chi connectivity index (χ3v) is 3.07. The van der Waals surface area contributed by atoms with Crippen molar-refractivity contribution in [3.8, 4) is 0 Å². The van der Waals surface area contributed by atoms with E-state index < -0.39 is 0 Å². The second kappa shape index (κ2) is 6.42. The van der Waals surface area contributed by atoms with Crippen LogP contribution in [0.4, 0.5) is 11.6 Å². The lowest BCUT2D eigenvalue weighted by molar-refractivity contribution is 0.417. The van der Waals surface area contributed by atoms with E-state index in [0.29, 0.717) is 5.92 Å². The van der Waals surface area contributed by atoms with E-state index in [0.717, 1.165) is 36.1 Å². The molecule has 1 aromatic heterocycles. The Bertz CT molecular complexity index is 447. The predicted octanol–water partition coefficient (Wildman–Crippen LogP) is 3.82. The Kier molecular flexibility index (Phi) is 5.37. The highest BCUT2D eigenvalue weighted by Crippen LogP contribution is 2.27. The average molecular weight is 278 g/mol. The zero-order chi connectivity index (χ0) is 15.5. The number of nitrogens with one attached hydrogen (secondary N) is 1. The molecule has 4 heteroatoms. The molecule has 0 atom stereocenters. The van der Waals surface area contributed by atoms with Gasteiger partial charge in [-0.05, 0) is 19.3 Å². The number of hydrogen-bond acceptors (Lipinski definition) is 4. The van der Waals surface area contributed by atoms with Crippen LogP contribution < -0.4 is 10.2 Å². The molecule has 1 heterocycles. The van der Waals surface area contributed by atoms with Gasteiger partial charge in [0.05, 0.1) is 0 Å². The summed E-state index contributed by atoms with van der Waals surface area (Å²) in [6, 6.07) is 0. The van der Waals surface area contributed by atoms with Crippen molar-refractivity contribution in [2.75, 3.05) is 30.4 Å². The molecule has 0 bridgehead atoms. The number of anilines is 2. The SMILES string of the molecule is CCNc1nc(C(C)C)nc(N(C)CC(C)(C)C)c1C. The first-order chi connectivity index (χ1) is 9.15. The molecular formula is C16H30N4. The molecule has 0 aliphatic carbocycles. The fourth-order valence-electron chi connectivity index (χ4n) is 2.28. The van der Waals surface area contributed by atoms with E-state index >= 15 is 0 Å². The van der Waals surface area contributed by atoms with Crippen LogP contribution in [0.15, 0.2) is 0 Å². The normalized spacial score (nSPS) is 11.8. The maximum Gasteiger partial charge on any atom is 0.137 e. The highest BCUT2D eigenvalue weighted by Gasteiger charge is 2.19. The molecule has 1 N–H and O–H groups in total. The smallest absolute Gasteiger partial charge is 0.137 e. The Hall–Kier alpha value is -1.32. The number of rotatable bonds is 5. The molecule has 0 unspecified atom stereocenters. The van der Waals surface area contributed by atoms with E-state index in [4.69, 9.17) is 4.98 Å². The largest absolute Gasteiger partial charge is 0.370 e. The Morgan fingerprint density at radius 3 is 2.25 bits per heavy atom. The van der Waals surface area contributed by atoms with Crippen LogP contribution in [0.1, 0.15) is 58.8 Å². The van der Waals surface area contributed by atoms with Crippen molar-refractivity contribution < 1.29 is 0 Å². The van der Waals surface area contributed by atoms with Gasteiger partial charge in [-0.3, -0.25) is 0 Å². The van der Waals surface area contributed by atoms with E-state index in [1.165, 1.54) is 0 Å². The highest BCUT2D eigenvalue weighted by atomic mass is 15.2. The van der Waals surface area contributed by atoms with Gasteiger partial charge in [-0.2, -0.15) is 0 Å². The maximum atomic E-state index is 4.77. The van der Waals surface area contributed by atoms with Crippen LogP contribution in [0.25, 0.3) is 0 Å². The summed E-state index contributed by atoms with van der Waals surface area (Å²) >= 11 is 0. The lowest BCUT2D eigenvalue weighted by Gasteiger charge is -2.29. The van der Waals surface area contributed by atoms with Gasteiger partial charge >= 0.3 is 0 Å². The van der Waals surface area contributed by atoms with E-state index in [9.17, 15) is 0 Å². The van der Waals surface area contributed by atoms with Gasteiger partial charge in [0.15, 0.2) is 0 Å². The summed E-state index contributed by atoms with van der Waals surface area (Å²) in [7, 11) is 2.11. The summed E-state index contributed by atoms with van der Waals surface area (Å²) in [5.74, 6) is 3.23. The molecule has 0 aliphatic rings. The molecule has 0 aromatic carbocycles. The van der Waals surface area contributed by atoms with Crippen LogP contribution in [0.3, 0.4) is 0 Å². The van der Waals surface area contributed by atoms with Crippen molar-refractivity contribution in [1.29, 1.82) is 0 Å². The first kappa shape index (κ1) is 16.7.